The SMILES string of the molecule is O=S(=O)(NCc1ccccc1F)c1ccc(S(=O)(=O)NC2CC2)cc1. The molecule has 0 aliphatic heterocycles. The van der Waals surface area contributed by atoms with Gasteiger partial charge in [0.05, 0.1) is 9.79 Å². The highest BCUT2D eigenvalue weighted by Gasteiger charge is 2.28. The molecule has 0 unspecified atom stereocenters. The first-order chi connectivity index (χ1) is 11.8. The van der Waals surface area contributed by atoms with Crippen molar-refractivity contribution in [2.75, 3.05) is 0 Å². The number of rotatable bonds is 7. The summed E-state index contributed by atoms with van der Waals surface area (Å²) in [7, 11) is -7.52. The smallest absolute Gasteiger partial charge is 0.208 e. The van der Waals surface area contributed by atoms with E-state index in [1.807, 2.05) is 0 Å². The number of hydrogen-bond acceptors (Lipinski definition) is 4. The van der Waals surface area contributed by atoms with Crippen LogP contribution in [-0.4, -0.2) is 22.9 Å². The minimum absolute atomic E-state index is 0.00690. The number of sulfonamides is 2. The van der Waals surface area contributed by atoms with Crippen molar-refractivity contribution in [3.63, 3.8) is 0 Å². The van der Waals surface area contributed by atoms with Gasteiger partial charge in [-0.25, -0.2) is 30.7 Å². The maximum absolute atomic E-state index is 13.6. The largest absolute Gasteiger partial charge is 0.240 e. The van der Waals surface area contributed by atoms with E-state index in [-0.39, 0.29) is 27.9 Å². The highest BCUT2D eigenvalue weighted by Crippen LogP contribution is 2.22. The first-order valence-electron chi connectivity index (χ1n) is 7.63. The van der Waals surface area contributed by atoms with Gasteiger partial charge in [-0.3, -0.25) is 0 Å². The van der Waals surface area contributed by atoms with Crippen LogP contribution in [0.2, 0.25) is 0 Å². The molecule has 1 aliphatic carbocycles. The van der Waals surface area contributed by atoms with Crippen molar-refractivity contribution in [2.45, 2.75) is 35.2 Å². The van der Waals surface area contributed by atoms with Crippen LogP contribution in [0.25, 0.3) is 0 Å². The van der Waals surface area contributed by atoms with Crippen molar-refractivity contribution in [3.8, 4) is 0 Å². The fraction of sp³-hybridized carbons (Fsp3) is 0.250. The molecule has 9 heteroatoms. The van der Waals surface area contributed by atoms with Gasteiger partial charge in [-0.15, -0.1) is 0 Å². The van der Waals surface area contributed by atoms with Crippen LogP contribution in [0.4, 0.5) is 4.39 Å². The monoisotopic (exact) mass is 384 g/mol. The van der Waals surface area contributed by atoms with Gasteiger partial charge in [0.25, 0.3) is 0 Å². The van der Waals surface area contributed by atoms with Crippen molar-refractivity contribution in [1.29, 1.82) is 0 Å². The van der Waals surface area contributed by atoms with Crippen LogP contribution in [0, 0.1) is 5.82 Å². The van der Waals surface area contributed by atoms with E-state index in [1.54, 1.807) is 6.07 Å². The Morgan fingerprint density at radius 1 is 0.880 bits per heavy atom. The van der Waals surface area contributed by atoms with Crippen LogP contribution >= 0.6 is 0 Å². The number of hydrogen-bond donors (Lipinski definition) is 2. The van der Waals surface area contributed by atoms with Gasteiger partial charge >= 0.3 is 0 Å². The Balaban J connectivity index is 1.73. The standard InChI is InChI=1S/C16H17FN2O4S2/c17-16-4-2-1-3-12(16)11-18-24(20,21)14-7-9-15(10-8-14)25(22,23)19-13-5-6-13/h1-4,7-10,13,18-19H,5-6,11H2. The van der Waals surface area contributed by atoms with Crippen molar-refractivity contribution in [3.05, 3.63) is 59.9 Å². The van der Waals surface area contributed by atoms with E-state index in [9.17, 15) is 21.2 Å². The van der Waals surface area contributed by atoms with Gasteiger partial charge in [-0.2, -0.15) is 0 Å². The lowest BCUT2D eigenvalue weighted by Gasteiger charge is -2.09. The van der Waals surface area contributed by atoms with Gasteiger partial charge in [0, 0.05) is 18.2 Å². The zero-order chi connectivity index (χ0) is 18.1. The third-order valence-corrected chi connectivity index (χ3v) is 6.71. The molecular formula is C16H17FN2O4S2. The van der Waals surface area contributed by atoms with E-state index in [2.05, 4.69) is 9.44 Å². The second kappa shape index (κ2) is 6.83. The second-order valence-electron chi connectivity index (χ2n) is 5.78. The molecule has 0 radical (unpaired) electrons. The maximum atomic E-state index is 13.6. The average molecular weight is 384 g/mol. The van der Waals surface area contributed by atoms with E-state index in [1.165, 1.54) is 42.5 Å². The molecular weight excluding hydrogens is 367 g/mol. The highest BCUT2D eigenvalue weighted by molar-refractivity contribution is 7.90. The normalized spacial score (nSPS) is 15.2. The predicted molar refractivity (Wildman–Crippen MR) is 90.2 cm³/mol. The number of halogens is 1. The Morgan fingerprint density at radius 3 is 2.00 bits per heavy atom. The van der Waals surface area contributed by atoms with Crippen molar-refractivity contribution >= 4 is 20.0 Å². The van der Waals surface area contributed by atoms with Gasteiger partial charge in [0.15, 0.2) is 0 Å². The van der Waals surface area contributed by atoms with Gasteiger partial charge in [0.1, 0.15) is 5.82 Å². The summed E-state index contributed by atoms with van der Waals surface area (Å²) < 4.78 is 67.1. The van der Waals surface area contributed by atoms with Crippen LogP contribution in [0.1, 0.15) is 18.4 Å². The summed E-state index contributed by atoms with van der Waals surface area (Å²) in [6.45, 7) is -0.196. The minimum atomic E-state index is -3.88. The minimum Gasteiger partial charge on any atom is -0.208 e. The zero-order valence-electron chi connectivity index (χ0n) is 13.1. The average Bonchev–Trinajstić information content (AvgIpc) is 3.37. The Hall–Kier alpha value is -1.81. The van der Waals surface area contributed by atoms with Crippen LogP contribution < -0.4 is 9.44 Å². The summed E-state index contributed by atoms with van der Waals surface area (Å²) in [6, 6.07) is 10.7. The molecule has 3 rings (SSSR count). The summed E-state index contributed by atoms with van der Waals surface area (Å²) >= 11 is 0. The molecule has 6 nitrogen and oxygen atoms in total. The van der Waals surface area contributed by atoms with Crippen LogP contribution in [0.5, 0.6) is 0 Å². The fourth-order valence-electron chi connectivity index (χ4n) is 2.18. The van der Waals surface area contributed by atoms with Gasteiger partial charge in [-0.1, -0.05) is 18.2 Å². The third-order valence-electron chi connectivity index (χ3n) is 3.75. The summed E-state index contributed by atoms with van der Waals surface area (Å²) in [4.78, 5) is -0.0818. The van der Waals surface area contributed by atoms with Crippen molar-refractivity contribution in [1.82, 2.24) is 9.44 Å². The van der Waals surface area contributed by atoms with Crippen molar-refractivity contribution < 1.29 is 21.2 Å². The maximum Gasteiger partial charge on any atom is 0.240 e. The van der Waals surface area contributed by atoms with E-state index in [0.29, 0.717) is 0 Å². The Kier molecular flexibility index (Phi) is 4.92. The molecule has 25 heavy (non-hydrogen) atoms. The molecule has 1 saturated carbocycles. The Morgan fingerprint density at radius 2 is 1.44 bits per heavy atom. The predicted octanol–water partition coefficient (Wildman–Crippen LogP) is 1.74. The molecule has 0 atom stereocenters. The van der Waals surface area contributed by atoms with Gasteiger partial charge < -0.3 is 0 Å². The van der Waals surface area contributed by atoms with Gasteiger partial charge in [0.2, 0.25) is 20.0 Å². The molecule has 2 aromatic rings. The first-order valence-corrected chi connectivity index (χ1v) is 10.6. The molecule has 0 spiro atoms. The van der Waals surface area contributed by atoms with E-state index in [4.69, 9.17) is 0 Å². The van der Waals surface area contributed by atoms with Crippen LogP contribution in [0.15, 0.2) is 58.3 Å². The fourth-order valence-corrected chi connectivity index (χ4v) is 4.50. The topological polar surface area (TPSA) is 92.3 Å². The molecule has 2 aromatic carbocycles. The molecule has 1 aliphatic rings. The summed E-state index contributed by atoms with van der Waals surface area (Å²) in [6.07, 6.45) is 1.62. The van der Waals surface area contributed by atoms with Crippen molar-refractivity contribution in [2.24, 2.45) is 0 Å². The summed E-state index contributed by atoms with van der Waals surface area (Å²) in [5.74, 6) is -0.502. The highest BCUT2D eigenvalue weighted by atomic mass is 32.2. The third kappa shape index (κ3) is 4.43. The molecule has 0 bridgehead atoms. The number of benzene rings is 2. The first kappa shape index (κ1) is 18.0. The lowest BCUT2D eigenvalue weighted by atomic mass is 10.2. The van der Waals surface area contributed by atoms with E-state index in [0.717, 1.165) is 12.8 Å². The van der Waals surface area contributed by atoms with Crippen LogP contribution in [-0.2, 0) is 26.6 Å². The van der Waals surface area contributed by atoms with E-state index < -0.39 is 25.9 Å². The lowest BCUT2D eigenvalue weighted by Crippen LogP contribution is -2.26. The lowest BCUT2D eigenvalue weighted by molar-refractivity contribution is 0.572. The molecule has 0 saturated heterocycles. The number of nitrogens with one attached hydrogen (secondary N) is 2. The molecule has 2 N–H and O–H groups in total. The molecule has 1 fully saturated rings. The van der Waals surface area contributed by atoms with Crippen LogP contribution in [0.3, 0.4) is 0 Å². The molecule has 0 amide bonds. The molecule has 134 valence electrons. The Bertz CT molecular complexity index is 969. The molecule has 0 aromatic heterocycles. The summed E-state index contributed by atoms with van der Waals surface area (Å²) in [5, 5.41) is 0. The van der Waals surface area contributed by atoms with Gasteiger partial charge in [-0.05, 0) is 43.2 Å². The quantitative estimate of drug-likeness (QED) is 0.761. The summed E-state index contributed by atoms with van der Waals surface area (Å²) in [5.41, 5.74) is 0.221. The van der Waals surface area contributed by atoms with E-state index >= 15 is 0 Å². The Labute approximate surface area is 146 Å². The zero-order valence-corrected chi connectivity index (χ0v) is 14.8. The molecule has 0 heterocycles. The second-order valence-corrected chi connectivity index (χ2v) is 9.26.